The van der Waals surface area contributed by atoms with Gasteiger partial charge in [0, 0.05) is 22.2 Å². The third-order valence-electron chi connectivity index (χ3n) is 4.68. The molecular weight excluding hydrogens is 327 g/mol. The zero-order chi connectivity index (χ0) is 14.9. The van der Waals surface area contributed by atoms with Crippen molar-refractivity contribution in [1.82, 2.24) is 0 Å². The highest BCUT2D eigenvalue weighted by Gasteiger charge is 2.41. The number of aliphatic hydroxyl groups is 1. The fourth-order valence-electron chi connectivity index (χ4n) is 3.46. The lowest BCUT2D eigenvalue weighted by atomic mass is 9.78. The maximum Gasteiger partial charge on any atom is 0.0849 e. The van der Waals surface area contributed by atoms with Crippen LogP contribution in [0.15, 0.2) is 18.2 Å². The van der Waals surface area contributed by atoms with E-state index in [1.165, 1.54) is 0 Å². The van der Waals surface area contributed by atoms with Crippen LogP contribution in [0.2, 0.25) is 10.0 Å². The van der Waals surface area contributed by atoms with Gasteiger partial charge in [0.05, 0.1) is 11.7 Å². The van der Waals surface area contributed by atoms with E-state index in [1.807, 2.05) is 17.8 Å². The molecule has 1 N–H and O–H groups in total. The molecule has 21 heavy (non-hydrogen) atoms. The van der Waals surface area contributed by atoms with E-state index in [2.05, 4.69) is 0 Å². The van der Waals surface area contributed by atoms with Crippen LogP contribution in [0.3, 0.4) is 0 Å². The Bertz CT molecular complexity index is 477. The average molecular weight is 347 g/mol. The second-order valence-corrected chi connectivity index (χ2v) is 8.02. The molecule has 2 aliphatic rings. The van der Waals surface area contributed by atoms with E-state index in [0.29, 0.717) is 22.2 Å². The van der Waals surface area contributed by atoms with Crippen LogP contribution in [0.4, 0.5) is 0 Å². The molecule has 2 saturated heterocycles. The molecule has 2 nitrogen and oxygen atoms in total. The van der Waals surface area contributed by atoms with Crippen molar-refractivity contribution in [2.45, 2.75) is 37.4 Å². The minimum absolute atomic E-state index is 0.0388. The lowest BCUT2D eigenvalue weighted by Gasteiger charge is -2.44. The summed E-state index contributed by atoms with van der Waals surface area (Å²) in [7, 11) is 0. The lowest BCUT2D eigenvalue weighted by Crippen LogP contribution is -2.44. The Morgan fingerprint density at radius 2 is 1.90 bits per heavy atom. The van der Waals surface area contributed by atoms with Gasteiger partial charge in [-0.1, -0.05) is 29.3 Å². The highest BCUT2D eigenvalue weighted by Crippen LogP contribution is 2.45. The molecule has 2 fully saturated rings. The first kappa shape index (κ1) is 15.9. The quantitative estimate of drug-likeness (QED) is 0.839. The first-order valence-corrected chi connectivity index (χ1v) is 9.36. The summed E-state index contributed by atoms with van der Waals surface area (Å²) in [5.41, 5.74) is 0.635. The first-order valence-electron chi connectivity index (χ1n) is 7.45. The van der Waals surface area contributed by atoms with Crippen LogP contribution in [-0.4, -0.2) is 28.8 Å². The van der Waals surface area contributed by atoms with Gasteiger partial charge in [-0.2, -0.15) is 11.8 Å². The van der Waals surface area contributed by atoms with E-state index >= 15 is 0 Å². The summed E-state index contributed by atoms with van der Waals surface area (Å²) in [6, 6.07) is 5.39. The Morgan fingerprint density at radius 3 is 2.57 bits per heavy atom. The van der Waals surface area contributed by atoms with Gasteiger partial charge in [0.2, 0.25) is 0 Å². The van der Waals surface area contributed by atoms with Crippen LogP contribution < -0.4 is 0 Å². The fraction of sp³-hybridized carbons (Fsp3) is 0.625. The monoisotopic (exact) mass is 346 g/mol. The summed E-state index contributed by atoms with van der Waals surface area (Å²) in [5.74, 6) is 2.46. The van der Waals surface area contributed by atoms with Gasteiger partial charge in [0.1, 0.15) is 0 Å². The van der Waals surface area contributed by atoms with E-state index in [4.69, 9.17) is 27.9 Å². The van der Waals surface area contributed by atoms with Gasteiger partial charge in [0.25, 0.3) is 0 Å². The van der Waals surface area contributed by atoms with Gasteiger partial charge >= 0.3 is 0 Å². The molecule has 1 aromatic carbocycles. The van der Waals surface area contributed by atoms with Gasteiger partial charge in [-0.3, -0.25) is 0 Å². The molecule has 116 valence electrons. The maximum atomic E-state index is 10.8. The van der Waals surface area contributed by atoms with Gasteiger partial charge in [-0.15, -0.1) is 0 Å². The van der Waals surface area contributed by atoms with Crippen molar-refractivity contribution in [2.75, 3.05) is 18.1 Å². The molecule has 2 heterocycles. The summed E-state index contributed by atoms with van der Waals surface area (Å²) in [4.78, 5) is 0. The normalized spacial score (nSPS) is 26.7. The Balaban J connectivity index is 1.79. The number of hydrogen-bond acceptors (Lipinski definition) is 3. The largest absolute Gasteiger partial charge is 0.388 e. The van der Waals surface area contributed by atoms with Crippen LogP contribution in [0.5, 0.6) is 0 Å². The second kappa shape index (κ2) is 6.67. The smallest absolute Gasteiger partial charge is 0.0849 e. The molecule has 1 spiro atoms. The molecule has 5 heteroatoms. The molecule has 0 amide bonds. The summed E-state index contributed by atoms with van der Waals surface area (Å²) in [6.07, 6.45) is 3.31. The Kier molecular flexibility index (Phi) is 5.07. The number of halogens is 2. The molecule has 0 saturated carbocycles. The molecular formula is C16H20Cl2O2S. The minimum atomic E-state index is -0.610. The summed E-state index contributed by atoms with van der Waals surface area (Å²) < 4.78 is 6.09. The third-order valence-corrected chi connectivity index (χ3v) is 6.32. The van der Waals surface area contributed by atoms with Crippen molar-refractivity contribution in [3.05, 3.63) is 33.8 Å². The van der Waals surface area contributed by atoms with Crippen molar-refractivity contribution >= 4 is 35.0 Å². The van der Waals surface area contributed by atoms with Gasteiger partial charge in [0.15, 0.2) is 0 Å². The van der Waals surface area contributed by atoms with Crippen molar-refractivity contribution in [1.29, 1.82) is 0 Å². The number of ether oxygens (including phenoxy) is 1. The molecule has 2 atom stereocenters. The Morgan fingerprint density at radius 1 is 1.24 bits per heavy atom. The summed E-state index contributed by atoms with van der Waals surface area (Å²) in [6.45, 7) is 0.717. The van der Waals surface area contributed by atoms with E-state index in [1.54, 1.807) is 12.1 Å². The molecule has 0 bridgehead atoms. The fourth-order valence-corrected chi connectivity index (χ4v) is 5.31. The second-order valence-electron chi connectivity index (χ2n) is 5.98. The van der Waals surface area contributed by atoms with Crippen LogP contribution in [0, 0.1) is 5.92 Å². The summed E-state index contributed by atoms with van der Waals surface area (Å²) in [5, 5.41) is 11.9. The molecule has 0 aliphatic carbocycles. The topological polar surface area (TPSA) is 29.5 Å². The predicted molar refractivity (Wildman–Crippen MR) is 89.4 cm³/mol. The van der Waals surface area contributed by atoms with Gasteiger partial charge < -0.3 is 9.84 Å². The zero-order valence-corrected chi connectivity index (χ0v) is 14.2. The third kappa shape index (κ3) is 3.37. The van der Waals surface area contributed by atoms with Crippen molar-refractivity contribution in [3.63, 3.8) is 0 Å². The van der Waals surface area contributed by atoms with E-state index in [-0.39, 0.29) is 11.5 Å². The highest BCUT2D eigenvalue weighted by atomic mass is 35.5. The molecule has 1 aromatic rings. The molecule has 0 aromatic heterocycles. The zero-order valence-electron chi connectivity index (χ0n) is 11.9. The molecule has 2 unspecified atom stereocenters. The first-order chi connectivity index (χ1) is 10.1. The number of hydrogen-bond donors (Lipinski definition) is 1. The predicted octanol–water partition coefficient (Wildman–Crippen LogP) is 4.72. The summed E-state index contributed by atoms with van der Waals surface area (Å²) >= 11 is 14.5. The maximum absolute atomic E-state index is 10.8. The molecule has 3 rings (SSSR count). The SMILES string of the molecule is OC(c1c(Cl)cccc1Cl)C1CCOC2(CCSCC2)C1. The number of benzene rings is 1. The number of thioether (sulfide) groups is 1. The number of aliphatic hydroxyl groups excluding tert-OH is 1. The van der Waals surface area contributed by atoms with Gasteiger partial charge in [-0.05, 0) is 55.2 Å². The Labute approximate surface area is 140 Å². The van der Waals surface area contributed by atoms with E-state index in [0.717, 1.165) is 37.2 Å². The van der Waals surface area contributed by atoms with Gasteiger partial charge in [-0.25, -0.2) is 0 Å². The molecule has 2 aliphatic heterocycles. The van der Waals surface area contributed by atoms with Crippen LogP contribution in [0.25, 0.3) is 0 Å². The Hall–Kier alpha value is 0.0700. The average Bonchev–Trinajstić information content (AvgIpc) is 2.48. The van der Waals surface area contributed by atoms with Crippen LogP contribution >= 0.6 is 35.0 Å². The van der Waals surface area contributed by atoms with Crippen LogP contribution in [0.1, 0.15) is 37.4 Å². The minimum Gasteiger partial charge on any atom is -0.388 e. The molecule has 0 radical (unpaired) electrons. The highest BCUT2D eigenvalue weighted by molar-refractivity contribution is 7.99. The van der Waals surface area contributed by atoms with Crippen LogP contribution in [-0.2, 0) is 4.74 Å². The number of rotatable bonds is 2. The lowest BCUT2D eigenvalue weighted by molar-refractivity contribution is -0.121. The van der Waals surface area contributed by atoms with E-state index < -0.39 is 6.10 Å². The van der Waals surface area contributed by atoms with Crippen molar-refractivity contribution in [3.8, 4) is 0 Å². The van der Waals surface area contributed by atoms with Crippen molar-refractivity contribution < 1.29 is 9.84 Å². The van der Waals surface area contributed by atoms with E-state index in [9.17, 15) is 5.11 Å². The van der Waals surface area contributed by atoms with Crippen molar-refractivity contribution in [2.24, 2.45) is 5.92 Å². The standard InChI is InChI=1S/C16H20Cl2O2S/c17-12-2-1-3-13(18)14(12)15(19)11-4-7-20-16(10-11)5-8-21-9-6-16/h1-3,11,15,19H,4-10H2.